The van der Waals surface area contributed by atoms with E-state index in [0.29, 0.717) is 4.86 Å². The number of H-pyrrole nitrogens is 1. The zero-order valence-electron chi connectivity index (χ0n) is 11.9. The molecule has 0 aromatic carbocycles. The van der Waals surface area contributed by atoms with Crippen LogP contribution in [0.1, 0.15) is 0 Å². The molecule has 24 heavy (non-hydrogen) atoms. The summed E-state index contributed by atoms with van der Waals surface area (Å²) in [5.74, 6) is 0.117. The summed E-state index contributed by atoms with van der Waals surface area (Å²) in [7, 11) is -4.65. The number of aromatic nitrogens is 2. The highest BCUT2D eigenvalue weighted by molar-refractivity contribution is 7.86. The van der Waals surface area contributed by atoms with Gasteiger partial charge in [0.2, 0.25) is 5.95 Å². The maximum absolute atomic E-state index is 11.9. The zero-order valence-corrected chi connectivity index (χ0v) is 14.5. The second-order valence-corrected chi connectivity index (χ2v) is 7.44. The lowest BCUT2D eigenvalue weighted by atomic mass is 10.00. The topological polar surface area (TPSA) is 172 Å². The number of nitrogens with two attached hydrogens (primary N) is 1. The monoisotopic (exact) mass is 395 g/mol. The van der Waals surface area contributed by atoms with Crippen molar-refractivity contribution in [3.05, 3.63) is 10.4 Å². The van der Waals surface area contributed by atoms with E-state index in [1.807, 2.05) is 0 Å². The van der Waals surface area contributed by atoms with E-state index in [0.717, 1.165) is 0 Å². The van der Waals surface area contributed by atoms with Crippen molar-refractivity contribution in [2.75, 3.05) is 23.0 Å². The van der Waals surface area contributed by atoms with Crippen molar-refractivity contribution in [3.63, 3.8) is 0 Å². The molecule has 1 fully saturated rings. The molecule has 0 saturated carbocycles. The number of thiocarbonyl (C=S) groups is 1. The molecule has 0 aliphatic carbocycles. The molecule has 2 aliphatic rings. The minimum atomic E-state index is -4.65. The minimum Gasteiger partial charge on any atom is -0.369 e. The first kappa shape index (κ1) is 17.6. The van der Waals surface area contributed by atoms with Crippen LogP contribution in [-0.2, 0) is 13.8 Å². The molecule has 1 aromatic heterocycles. The summed E-state index contributed by atoms with van der Waals surface area (Å²) in [5.41, 5.74) is 5.21. The smallest absolute Gasteiger partial charge is 0.369 e. The molecule has 7 N–H and O–H groups in total. The molecule has 4 atom stereocenters. The number of nitrogens with zero attached hydrogens (tertiary/aromatic N) is 1. The van der Waals surface area contributed by atoms with Gasteiger partial charge in [-0.3, -0.25) is 14.3 Å². The number of hydrogen-bond donors (Lipinski definition) is 7. The van der Waals surface area contributed by atoms with Gasteiger partial charge in [-0.15, -0.1) is 0 Å². The van der Waals surface area contributed by atoms with E-state index < -0.39 is 43.6 Å². The maximum Gasteiger partial charge on any atom is 0.469 e. The molecule has 1 aromatic rings. The van der Waals surface area contributed by atoms with E-state index in [9.17, 15) is 9.36 Å². The Bertz CT molecular complexity index is 783. The van der Waals surface area contributed by atoms with Gasteiger partial charge in [0, 0.05) is 4.86 Å². The van der Waals surface area contributed by atoms with Crippen molar-refractivity contribution < 1.29 is 23.6 Å². The van der Waals surface area contributed by atoms with E-state index in [1.54, 1.807) is 0 Å². The third-order valence-corrected chi connectivity index (χ3v) is 5.28. The number of nitrogen functional groups attached to an aromatic ring is 1. The zero-order chi connectivity index (χ0) is 17.6. The van der Waals surface area contributed by atoms with Gasteiger partial charge in [0.1, 0.15) is 17.8 Å². The van der Waals surface area contributed by atoms with Gasteiger partial charge in [0.15, 0.2) is 12.0 Å². The third kappa shape index (κ3) is 3.42. The molecule has 14 heteroatoms. The van der Waals surface area contributed by atoms with Crippen molar-refractivity contribution in [2.45, 2.75) is 23.6 Å². The lowest BCUT2D eigenvalue weighted by Gasteiger charge is -2.43. The van der Waals surface area contributed by atoms with Crippen LogP contribution in [0.25, 0.3) is 0 Å². The van der Waals surface area contributed by atoms with Crippen molar-refractivity contribution in [3.8, 4) is 0 Å². The molecular weight excluding hydrogens is 381 g/mol. The Morgan fingerprint density at radius 1 is 1.46 bits per heavy atom. The summed E-state index contributed by atoms with van der Waals surface area (Å²) in [6.45, 7) is -0.402. The lowest BCUT2D eigenvalue weighted by molar-refractivity contribution is -0.0312. The number of aromatic amines is 1. The van der Waals surface area contributed by atoms with Crippen LogP contribution in [0.15, 0.2) is 4.79 Å². The van der Waals surface area contributed by atoms with Gasteiger partial charge in [-0.25, -0.2) is 4.57 Å². The molecule has 1 unspecified atom stereocenters. The molecule has 3 rings (SSSR count). The fourth-order valence-electron chi connectivity index (χ4n) is 2.44. The van der Waals surface area contributed by atoms with Gasteiger partial charge < -0.3 is 30.9 Å². The Morgan fingerprint density at radius 2 is 2.17 bits per heavy atom. The van der Waals surface area contributed by atoms with E-state index >= 15 is 0 Å². The summed E-state index contributed by atoms with van der Waals surface area (Å²) in [5, 5.41) is 5.19. The van der Waals surface area contributed by atoms with E-state index in [4.69, 9.17) is 32.5 Å². The average molecular weight is 395 g/mol. The van der Waals surface area contributed by atoms with Crippen molar-refractivity contribution in [1.82, 2.24) is 9.97 Å². The van der Waals surface area contributed by atoms with Crippen LogP contribution in [0, 0.1) is 0 Å². The Morgan fingerprint density at radius 3 is 2.83 bits per heavy atom. The molecule has 0 amide bonds. The number of rotatable bonds is 3. The van der Waals surface area contributed by atoms with Gasteiger partial charge in [-0.2, -0.15) is 17.6 Å². The largest absolute Gasteiger partial charge is 0.469 e. The number of fused-ring (bicyclic) bond motifs is 2. The van der Waals surface area contributed by atoms with Gasteiger partial charge in [-0.1, -0.05) is 12.2 Å². The van der Waals surface area contributed by atoms with Crippen LogP contribution in [0.2, 0.25) is 0 Å². The molecule has 0 radical (unpaired) electrons. The molecule has 1 saturated heterocycles. The average Bonchev–Trinajstić information content (AvgIpc) is 2.47. The highest BCUT2D eigenvalue weighted by atomic mass is 32.1. The number of thiol groups is 1. The SMILES string of the molecule is Nc1nc2c(c(=O)[nH]1)N[C@H]1C(=S)C(S)[C@@H](COP(=O)(O)O)O[C@H]1N2. The van der Waals surface area contributed by atoms with E-state index in [2.05, 4.69) is 37.8 Å². The predicted octanol–water partition coefficient (Wildman–Crippen LogP) is -0.939. The number of hydrogen-bond acceptors (Lipinski definition) is 10. The summed E-state index contributed by atoms with van der Waals surface area (Å²) in [4.78, 5) is 36.3. The van der Waals surface area contributed by atoms with Gasteiger partial charge in [-0.05, 0) is 0 Å². The molecular formula is C10H14N5O6PS2. The van der Waals surface area contributed by atoms with Crippen LogP contribution < -0.4 is 21.9 Å². The Kier molecular flexibility index (Phi) is 4.59. The number of phosphoric ester groups is 1. The van der Waals surface area contributed by atoms with E-state index in [-0.39, 0.29) is 17.5 Å². The van der Waals surface area contributed by atoms with Crippen LogP contribution in [0.5, 0.6) is 0 Å². The highest BCUT2D eigenvalue weighted by Gasteiger charge is 2.44. The normalized spacial score (nSPS) is 29.2. The minimum absolute atomic E-state index is 0.0710. The second kappa shape index (κ2) is 6.26. The van der Waals surface area contributed by atoms with Gasteiger partial charge in [0.05, 0.1) is 11.9 Å². The van der Waals surface area contributed by atoms with Crippen molar-refractivity contribution >= 4 is 55.0 Å². The highest BCUT2D eigenvalue weighted by Crippen LogP contribution is 2.38. The summed E-state index contributed by atoms with van der Waals surface area (Å²) < 4.78 is 21.0. The summed E-state index contributed by atoms with van der Waals surface area (Å²) in [6.07, 6.45) is -1.53. The molecule has 11 nitrogen and oxygen atoms in total. The fourth-order valence-corrected chi connectivity index (χ4v) is 3.43. The quantitative estimate of drug-likeness (QED) is 0.191. The number of phosphoric acid groups is 1. The third-order valence-electron chi connectivity index (χ3n) is 3.50. The fraction of sp³-hybridized carbons (Fsp3) is 0.500. The summed E-state index contributed by atoms with van der Waals surface area (Å²) in [6, 6.07) is -0.562. The lowest BCUT2D eigenvalue weighted by Crippen LogP contribution is -2.61. The molecule has 132 valence electrons. The molecule has 3 heterocycles. The number of ether oxygens (including phenoxy) is 1. The Labute approximate surface area is 146 Å². The predicted molar refractivity (Wildman–Crippen MR) is 92.3 cm³/mol. The first-order valence-corrected chi connectivity index (χ1v) is 9.11. The van der Waals surface area contributed by atoms with Gasteiger partial charge >= 0.3 is 7.82 Å². The van der Waals surface area contributed by atoms with Crippen LogP contribution in [0.3, 0.4) is 0 Å². The van der Waals surface area contributed by atoms with Crippen molar-refractivity contribution in [1.29, 1.82) is 0 Å². The Hall–Kier alpha value is -1.21. The van der Waals surface area contributed by atoms with Crippen LogP contribution >= 0.6 is 32.7 Å². The van der Waals surface area contributed by atoms with Crippen molar-refractivity contribution in [2.24, 2.45) is 0 Å². The second-order valence-electron chi connectivity index (χ2n) is 5.17. The Balaban J connectivity index is 1.84. The first-order chi connectivity index (χ1) is 11.2. The number of anilines is 3. The van der Waals surface area contributed by atoms with Crippen LogP contribution in [-0.4, -0.2) is 54.8 Å². The molecule has 2 aliphatic heterocycles. The maximum atomic E-state index is 11.9. The summed E-state index contributed by atoms with van der Waals surface area (Å²) >= 11 is 9.66. The molecule has 0 spiro atoms. The van der Waals surface area contributed by atoms with E-state index in [1.165, 1.54) is 0 Å². The van der Waals surface area contributed by atoms with Gasteiger partial charge in [0.25, 0.3) is 5.56 Å². The number of nitrogens with one attached hydrogen (secondary N) is 3. The molecule has 0 bridgehead atoms. The standard InChI is InChI=1S/C10H14N5O6PS2/c11-10-14-7-4(8(16)15-10)12-3-6(24)5(23)2(21-9(3)13-7)1-20-22(17,18)19/h2-3,5,9,12,23H,1H2,(H2,17,18,19)(H4,11,13,14,15,16)/t2-,3+,5?,9-/m1/s1. The first-order valence-electron chi connectivity index (χ1n) is 6.66. The van der Waals surface area contributed by atoms with Crippen LogP contribution in [0.4, 0.5) is 17.5 Å².